The monoisotopic (exact) mass is 186 g/mol. The topological polar surface area (TPSA) is 52.6 Å². The molecular weight excluding hydrogens is 172 g/mol. The molecule has 0 N–H and O–H groups in total. The summed E-state index contributed by atoms with van der Waals surface area (Å²) in [5.41, 5.74) is -0.0730. The molecule has 0 aromatic heterocycles. The number of methoxy groups -OCH3 is 1. The number of carbonyl (C=O) groups excluding carboxylic acids is 2. The van der Waals surface area contributed by atoms with Crippen molar-refractivity contribution in [3.05, 3.63) is 11.6 Å². The summed E-state index contributed by atoms with van der Waals surface area (Å²) < 4.78 is 9.22. The molecule has 0 atom stereocenters. The molecular formula is C9H14O4. The Labute approximate surface area is 77.5 Å². The Morgan fingerprint density at radius 1 is 1.23 bits per heavy atom. The van der Waals surface area contributed by atoms with Gasteiger partial charge in [-0.25, -0.2) is 9.59 Å². The van der Waals surface area contributed by atoms with Crippen LogP contribution in [0.5, 0.6) is 0 Å². The molecule has 74 valence electrons. The molecule has 0 aromatic carbocycles. The smallest absolute Gasteiger partial charge is 0.345 e. The SMILES string of the molecule is C/C=C(/C(=O)OC)C(=O)OC(C)C. The number of ether oxygens (including phenoxy) is 2. The van der Waals surface area contributed by atoms with Crippen molar-refractivity contribution in [3.8, 4) is 0 Å². The van der Waals surface area contributed by atoms with Crippen molar-refractivity contribution in [3.63, 3.8) is 0 Å². The van der Waals surface area contributed by atoms with Crippen LogP contribution in [0.2, 0.25) is 0 Å². The van der Waals surface area contributed by atoms with Crippen LogP contribution >= 0.6 is 0 Å². The summed E-state index contributed by atoms with van der Waals surface area (Å²) >= 11 is 0. The fourth-order valence-electron chi connectivity index (χ4n) is 0.707. The summed E-state index contributed by atoms with van der Waals surface area (Å²) in [6.07, 6.45) is 1.13. The second-order valence-corrected chi connectivity index (χ2v) is 2.65. The highest BCUT2D eigenvalue weighted by Gasteiger charge is 2.19. The second kappa shape index (κ2) is 5.35. The van der Waals surface area contributed by atoms with Gasteiger partial charge in [0.05, 0.1) is 13.2 Å². The van der Waals surface area contributed by atoms with E-state index in [0.717, 1.165) is 0 Å². The maximum atomic E-state index is 11.2. The Balaban J connectivity index is 4.44. The molecule has 0 aliphatic carbocycles. The Kier molecular flexibility index (Phi) is 4.80. The van der Waals surface area contributed by atoms with Crippen LogP contribution in [0.1, 0.15) is 20.8 Å². The fraction of sp³-hybridized carbons (Fsp3) is 0.556. The van der Waals surface area contributed by atoms with E-state index >= 15 is 0 Å². The first kappa shape index (κ1) is 11.7. The Morgan fingerprint density at radius 2 is 1.77 bits per heavy atom. The van der Waals surface area contributed by atoms with Gasteiger partial charge in [-0.1, -0.05) is 6.08 Å². The van der Waals surface area contributed by atoms with Crippen LogP contribution in [0.25, 0.3) is 0 Å². The predicted octanol–water partition coefficient (Wildman–Crippen LogP) is 1.06. The van der Waals surface area contributed by atoms with E-state index < -0.39 is 11.9 Å². The summed E-state index contributed by atoms with van der Waals surface area (Å²) in [7, 11) is 1.22. The third-order valence-corrected chi connectivity index (χ3v) is 1.26. The summed E-state index contributed by atoms with van der Waals surface area (Å²) in [5.74, 6) is -1.32. The molecule has 0 heterocycles. The maximum absolute atomic E-state index is 11.2. The van der Waals surface area contributed by atoms with Gasteiger partial charge < -0.3 is 9.47 Å². The van der Waals surface area contributed by atoms with E-state index in [1.807, 2.05) is 0 Å². The zero-order valence-electron chi connectivity index (χ0n) is 8.29. The Bertz CT molecular complexity index is 228. The lowest BCUT2D eigenvalue weighted by Crippen LogP contribution is -2.20. The van der Waals surface area contributed by atoms with Crippen molar-refractivity contribution in [2.75, 3.05) is 7.11 Å². The highest BCUT2D eigenvalue weighted by atomic mass is 16.6. The van der Waals surface area contributed by atoms with Gasteiger partial charge in [0.15, 0.2) is 0 Å². The van der Waals surface area contributed by atoms with Gasteiger partial charge in [0, 0.05) is 0 Å². The zero-order chi connectivity index (χ0) is 10.4. The number of esters is 2. The first-order valence-electron chi connectivity index (χ1n) is 3.98. The first-order valence-corrected chi connectivity index (χ1v) is 3.98. The minimum absolute atomic E-state index is 0.0730. The number of hydrogen-bond donors (Lipinski definition) is 0. The fourth-order valence-corrected chi connectivity index (χ4v) is 0.707. The molecule has 0 saturated carbocycles. The summed E-state index contributed by atoms with van der Waals surface area (Å²) in [4.78, 5) is 22.2. The van der Waals surface area contributed by atoms with Crippen molar-refractivity contribution < 1.29 is 19.1 Å². The number of carbonyl (C=O) groups is 2. The van der Waals surface area contributed by atoms with Crippen LogP contribution in [0, 0.1) is 0 Å². The lowest BCUT2D eigenvalue weighted by atomic mass is 10.2. The highest BCUT2D eigenvalue weighted by Crippen LogP contribution is 2.03. The van der Waals surface area contributed by atoms with Gasteiger partial charge >= 0.3 is 11.9 Å². The lowest BCUT2D eigenvalue weighted by Gasteiger charge is -2.08. The van der Waals surface area contributed by atoms with Crippen molar-refractivity contribution >= 4 is 11.9 Å². The third-order valence-electron chi connectivity index (χ3n) is 1.26. The summed E-state index contributed by atoms with van der Waals surface area (Å²) in [6.45, 7) is 5.00. The van der Waals surface area contributed by atoms with Gasteiger partial charge in [-0.05, 0) is 20.8 Å². The molecule has 0 spiro atoms. The molecule has 0 fully saturated rings. The number of hydrogen-bond acceptors (Lipinski definition) is 4. The molecule has 13 heavy (non-hydrogen) atoms. The summed E-state index contributed by atoms with van der Waals surface area (Å²) in [5, 5.41) is 0. The molecule has 4 heteroatoms. The predicted molar refractivity (Wildman–Crippen MR) is 47.0 cm³/mol. The zero-order valence-corrected chi connectivity index (χ0v) is 8.29. The van der Waals surface area contributed by atoms with Crippen molar-refractivity contribution in [2.24, 2.45) is 0 Å². The third kappa shape index (κ3) is 3.73. The molecule has 0 aromatic rings. The average molecular weight is 186 g/mol. The molecule has 0 rings (SSSR count). The number of rotatable bonds is 3. The van der Waals surface area contributed by atoms with Gasteiger partial charge in [0.25, 0.3) is 0 Å². The van der Waals surface area contributed by atoms with E-state index in [1.54, 1.807) is 20.8 Å². The Morgan fingerprint density at radius 3 is 2.08 bits per heavy atom. The van der Waals surface area contributed by atoms with Crippen LogP contribution in [0.4, 0.5) is 0 Å². The molecule has 0 amide bonds. The van der Waals surface area contributed by atoms with E-state index in [4.69, 9.17) is 4.74 Å². The molecule has 4 nitrogen and oxygen atoms in total. The van der Waals surface area contributed by atoms with E-state index in [9.17, 15) is 9.59 Å². The first-order chi connectivity index (χ1) is 6.02. The maximum Gasteiger partial charge on any atom is 0.345 e. The van der Waals surface area contributed by atoms with Gasteiger partial charge in [0.1, 0.15) is 5.57 Å². The molecule has 0 radical (unpaired) electrons. The van der Waals surface area contributed by atoms with Crippen molar-refractivity contribution in [2.45, 2.75) is 26.9 Å². The van der Waals surface area contributed by atoms with Gasteiger partial charge in [-0.2, -0.15) is 0 Å². The normalized spacial score (nSPS) is 11.3. The lowest BCUT2D eigenvalue weighted by molar-refractivity contribution is -0.148. The highest BCUT2D eigenvalue weighted by molar-refractivity contribution is 6.13. The van der Waals surface area contributed by atoms with Crippen LogP contribution in [-0.2, 0) is 19.1 Å². The van der Waals surface area contributed by atoms with Crippen molar-refractivity contribution in [1.82, 2.24) is 0 Å². The second-order valence-electron chi connectivity index (χ2n) is 2.65. The van der Waals surface area contributed by atoms with Crippen LogP contribution in [0.15, 0.2) is 11.6 Å². The Hall–Kier alpha value is -1.32. The van der Waals surface area contributed by atoms with Crippen LogP contribution < -0.4 is 0 Å². The molecule has 0 unspecified atom stereocenters. The minimum atomic E-state index is -0.673. The largest absolute Gasteiger partial charge is 0.465 e. The standard InChI is InChI=1S/C9H14O4/c1-5-7(8(10)12-4)9(11)13-6(2)3/h5-6H,1-4H3/b7-5-. The molecule has 0 aliphatic rings. The molecule has 0 saturated heterocycles. The molecule has 0 aliphatic heterocycles. The van der Waals surface area contributed by atoms with E-state index in [0.29, 0.717) is 0 Å². The quantitative estimate of drug-likeness (QED) is 0.286. The van der Waals surface area contributed by atoms with E-state index in [2.05, 4.69) is 4.74 Å². The average Bonchev–Trinajstić information content (AvgIpc) is 2.03. The van der Waals surface area contributed by atoms with Crippen LogP contribution in [-0.4, -0.2) is 25.2 Å². The minimum Gasteiger partial charge on any atom is -0.465 e. The van der Waals surface area contributed by atoms with Crippen molar-refractivity contribution in [1.29, 1.82) is 0 Å². The van der Waals surface area contributed by atoms with Gasteiger partial charge in [0.2, 0.25) is 0 Å². The van der Waals surface area contributed by atoms with Gasteiger partial charge in [-0.15, -0.1) is 0 Å². The van der Waals surface area contributed by atoms with E-state index in [-0.39, 0.29) is 11.7 Å². The number of allylic oxidation sites excluding steroid dienone is 1. The van der Waals surface area contributed by atoms with Gasteiger partial charge in [-0.3, -0.25) is 0 Å². The molecule has 0 bridgehead atoms. The summed E-state index contributed by atoms with van der Waals surface area (Å²) in [6, 6.07) is 0. The van der Waals surface area contributed by atoms with E-state index in [1.165, 1.54) is 13.2 Å². The van der Waals surface area contributed by atoms with Crippen LogP contribution in [0.3, 0.4) is 0 Å².